The predicted octanol–water partition coefficient (Wildman–Crippen LogP) is 6.00. The Morgan fingerprint density at radius 2 is 1.94 bits per heavy atom. The van der Waals surface area contributed by atoms with E-state index in [4.69, 9.17) is 21.1 Å². The number of nitrogens with zero attached hydrogens (tertiary/aromatic N) is 2. The Morgan fingerprint density at radius 3 is 2.76 bits per heavy atom. The number of halogens is 2. The minimum atomic E-state index is -0.456. The number of aromatic nitrogens is 1. The van der Waals surface area contributed by atoms with Gasteiger partial charge in [-0.25, -0.2) is 10.4 Å². The van der Waals surface area contributed by atoms with Gasteiger partial charge in [0, 0.05) is 16.2 Å². The molecule has 166 valence electrons. The summed E-state index contributed by atoms with van der Waals surface area (Å²) in [4.78, 5) is 16.1. The molecule has 0 aliphatic carbocycles. The summed E-state index contributed by atoms with van der Waals surface area (Å²) >= 11 is 9.47. The molecule has 1 N–H and O–H groups in total. The van der Waals surface area contributed by atoms with Gasteiger partial charge in [-0.05, 0) is 56.5 Å². The molecule has 0 aliphatic heterocycles. The van der Waals surface area contributed by atoms with Gasteiger partial charge in [-0.1, -0.05) is 54.1 Å². The first-order valence-corrected chi connectivity index (χ1v) is 11.1. The van der Waals surface area contributed by atoms with Crippen molar-refractivity contribution in [1.82, 2.24) is 10.4 Å². The van der Waals surface area contributed by atoms with Crippen LogP contribution in [0.25, 0.3) is 10.8 Å². The van der Waals surface area contributed by atoms with Crippen molar-refractivity contribution < 1.29 is 14.3 Å². The van der Waals surface area contributed by atoms with Crippen molar-refractivity contribution in [2.75, 3.05) is 7.11 Å². The van der Waals surface area contributed by atoms with Crippen LogP contribution in [0.1, 0.15) is 21.5 Å². The molecule has 0 aliphatic rings. The first-order valence-electron chi connectivity index (χ1n) is 9.97. The highest BCUT2D eigenvalue weighted by Gasteiger charge is 2.12. The van der Waals surface area contributed by atoms with E-state index in [9.17, 15) is 4.79 Å². The summed E-state index contributed by atoms with van der Waals surface area (Å²) in [5, 5.41) is 6.43. The topological polar surface area (TPSA) is 72.8 Å². The molecule has 3 aromatic carbocycles. The lowest BCUT2D eigenvalue weighted by atomic mass is 10.1. The lowest BCUT2D eigenvalue weighted by molar-refractivity contribution is 0.0955. The maximum atomic E-state index is 12.2. The molecule has 8 heteroatoms. The Bertz CT molecular complexity index is 1340. The van der Waals surface area contributed by atoms with E-state index in [1.165, 1.54) is 12.4 Å². The van der Waals surface area contributed by atoms with E-state index < -0.39 is 5.91 Å². The summed E-state index contributed by atoms with van der Waals surface area (Å²) in [6.45, 7) is 0.388. The van der Waals surface area contributed by atoms with E-state index in [0.717, 1.165) is 20.8 Å². The minimum Gasteiger partial charge on any atom is -0.493 e. The molecule has 0 spiro atoms. The van der Waals surface area contributed by atoms with Crippen molar-refractivity contribution in [1.29, 1.82) is 0 Å². The third-order valence-corrected chi connectivity index (χ3v) is 5.91. The molecule has 1 amide bonds. The quantitative estimate of drug-likeness (QED) is 0.183. The van der Waals surface area contributed by atoms with Gasteiger partial charge in [0.25, 0.3) is 5.91 Å². The molecule has 0 radical (unpaired) electrons. The zero-order valence-electron chi connectivity index (χ0n) is 17.6. The highest BCUT2D eigenvalue weighted by molar-refractivity contribution is 9.10. The molecule has 0 unspecified atom stereocenters. The van der Waals surface area contributed by atoms with Crippen LogP contribution in [0, 0.1) is 0 Å². The van der Waals surface area contributed by atoms with Gasteiger partial charge in [0.15, 0.2) is 11.5 Å². The van der Waals surface area contributed by atoms with Crippen LogP contribution in [0.5, 0.6) is 11.5 Å². The summed E-state index contributed by atoms with van der Waals surface area (Å²) in [5.74, 6) is 0.671. The molecule has 0 saturated carbocycles. The first kappa shape index (κ1) is 22.8. The molecule has 0 saturated heterocycles. The zero-order valence-corrected chi connectivity index (χ0v) is 19.9. The van der Waals surface area contributed by atoms with E-state index >= 15 is 0 Å². The van der Waals surface area contributed by atoms with Gasteiger partial charge in [-0.15, -0.1) is 0 Å². The Hall–Kier alpha value is -3.42. The third-order valence-electron chi connectivity index (χ3n) is 4.92. The third kappa shape index (κ3) is 5.32. The molecule has 0 fully saturated rings. The molecule has 33 heavy (non-hydrogen) atoms. The van der Waals surface area contributed by atoms with Crippen LogP contribution >= 0.6 is 27.5 Å². The molecule has 0 atom stereocenters. The maximum absolute atomic E-state index is 12.2. The second-order valence-corrected chi connectivity index (χ2v) is 8.20. The summed E-state index contributed by atoms with van der Waals surface area (Å²) in [7, 11) is 1.57. The summed E-state index contributed by atoms with van der Waals surface area (Å²) in [6, 6.07) is 21.1. The number of fused-ring (bicyclic) bond motifs is 1. The number of pyridine rings is 1. The van der Waals surface area contributed by atoms with E-state index in [1.54, 1.807) is 25.3 Å². The molecule has 4 aromatic rings. The van der Waals surface area contributed by atoms with Gasteiger partial charge in [0.1, 0.15) is 11.8 Å². The monoisotopic (exact) mass is 523 g/mol. The van der Waals surface area contributed by atoms with Crippen LogP contribution in [-0.2, 0) is 6.61 Å². The number of rotatable bonds is 7. The number of benzene rings is 3. The van der Waals surface area contributed by atoms with Crippen LogP contribution in [-0.4, -0.2) is 24.2 Å². The fourth-order valence-electron chi connectivity index (χ4n) is 3.27. The van der Waals surface area contributed by atoms with Gasteiger partial charge in [0.2, 0.25) is 0 Å². The molecular weight excluding hydrogens is 506 g/mol. The lowest BCUT2D eigenvalue weighted by Gasteiger charge is -2.14. The van der Waals surface area contributed by atoms with Crippen molar-refractivity contribution in [2.45, 2.75) is 6.61 Å². The summed E-state index contributed by atoms with van der Waals surface area (Å²) < 4.78 is 12.3. The van der Waals surface area contributed by atoms with E-state index in [0.29, 0.717) is 23.7 Å². The number of hydrogen-bond donors (Lipinski definition) is 1. The average molecular weight is 525 g/mol. The van der Waals surface area contributed by atoms with E-state index in [2.05, 4.69) is 49.6 Å². The van der Waals surface area contributed by atoms with Crippen molar-refractivity contribution in [3.05, 3.63) is 99.2 Å². The van der Waals surface area contributed by atoms with Crippen molar-refractivity contribution in [3.63, 3.8) is 0 Å². The van der Waals surface area contributed by atoms with Crippen LogP contribution < -0.4 is 14.9 Å². The smallest absolute Gasteiger partial charge is 0.274 e. The van der Waals surface area contributed by atoms with E-state index in [-0.39, 0.29) is 10.7 Å². The fraction of sp³-hybridized carbons (Fsp3) is 0.0800. The number of ether oxygens (including phenoxy) is 2. The molecular formula is C25H19BrClN3O3. The summed E-state index contributed by atoms with van der Waals surface area (Å²) in [5.41, 5.74) is 4.46. The normalized spacial score (nSPS) is 11.0. The number of carbonyl (C=O) groups excluding carboxylic acids is 1. The number of hydrazone groups is 1. The maximum Gasteiger partial charge on any atom is 0.274 e. The van der Waals surface area contributed by atoms with Crippen LogP contribution in [0.4, 0.5) is 0 Å². The number of amides is 1. The highest BCUT2D eigenvalue weighted by Crippen LogP contribution is 2.34. The SMILES string of the molecule is COc1cc(C=NNC(=O)c2cccnc2Cl)c(Br)cc1OCc1cccc2ccccc12. The van der Waals surface area contributed by atoms with Crippen LogP contribution in [0.15, 0.2) is 82.5 Å². The molecule has 4 rings (SSSR count). The van der Waals surface area contributed by atoms with Crippen molar-refractivity contribution >= 4 is 50.4 Å². The molecule has 1 heterocycles. The Labute approximate surface area is 204 Å². The highest BCUT2D eigenvalue weighted by atomic mass is 79.9. The van der Waals surface area contributed by atoms with Crippen LogP contribution in [0.3, 0.4) is 0 Å². The second-order valence-electron chi connectivity index (χ2n) is 6.99. The fourth-order valence-corrected chi connectivity index (χ4v) is 3.90. The minimum absolute atomic E-state index is 0.112. The second kappa shape index (κ2) is 10.5. The molecule has 1 aromatic heterocycles. The standard InChI is InChI=1S/C25H19BrClN3O3/c1-32-22-12-18(14-29-30-25(31)20-10-5-11-28-24(20)27)21(26)13-23(22)33-15-17-8-4-7-16-6-2-3-9-19(16)17/h2-14H,15H2,1H3,(H,30,31). The van der Waals surface area contributed by atoms with Gasteiger partial charge in [-0.3, -0.25) is 4.79 Å². The van der Waals surface area contributed by atoms with Crippen LogP contribution in [0.2, 0.25) is 5.15 Å². The number of methoxy groups -OCH3 is 1. The number of nitrogens with one attached hydrogen (secondary N) is 1. The number of hydrogen-bond acceptors (Lipinski definition) is 5. The van der Waals surface area contributed by atoms with Gasteiger partial charge >= 0.3 is 0 Å². The van der Waals surface area contributed by atoms with Gasteiger partial charge < -0.3 is 9.47 Å². The Morgan fingerprint density at radius 1 is 1.12 bits per heavy atom. The molecule has 6 nitrogen and oxygen atoms in total. The van der Waals surface area contributed by atoms with Gasteiger partial charge in [-0.2, -0.15) is 5.10 Å². The zero-order chi connectivity index (χ0) is 23.2. The van der Waals surface area contributed by atoms with Crippen molar-refractivity contribution in [3.8, 4) is 11.5 Å². The van der Waals surface area contributed by atoms with Crippen molar-refractivity contribution in [2.24, 2.45) is 5.10 Å². The Balaban J connectivity index is 1.49. The average Bonchev–Trinajstić information content (AvgIpc) is 2.84. The Kier molecular flexibility index (Phi) is 7.22. The first-order chi connectivity index (χ1) is 16.1. The lowest BCUT2D eigenvalue weighted by Crippen LogP contribution is -2.18. The molecule has 0 bridgehead atoms. The van der Waals surface area contributed by atoms with Gasteiger partial charge in [0.05, 0.1) is 18.9 Å². The van der Waals surface area contributed by atoms with E-state index in [1.807, 2.05) is 30.3 Å². The summed E-state index contributed by atoms with van der Waals surface area (Å²) in [6.07, 6.45) is 3.01. The largest absolute Gasteiger partial charge is 0.493 e. The number of carbonyl (C=O) groups is 1. The predicted molar refractivity (Wildman–Crippen MR) is 133 cm³/mol.